The summed E-state index contributed by atoms with van der Waals surface area (Å²) in [6.45, 7) is 2.31. The number of benzene rings is 4. The monoisotopic (exact) mass is 655 g/mol. The van der Waals surface area contributed by atoms with Gasteiger partial charge in [0.25, 0.3) is 0 Å². The van der Waals surface area contributed by atoms with E-state index < -0.39 is 0 Å². The van der Waals surface area contributed by atoms with Crippen LogP contribution in [0.3, 0.4) is 0 Å². The number of aliphatic hydroxyl groups excluding tert-OH is 1. The maximum atomic E-state index is 11.4. The van der Waals surface area contributed by atoms with Gasteiger partial charge in [0.15, 0.2) is 0 Å². The van der Waals surface area contributed by atoms with Crippen molar-refractivity contribution < 1.29 is 15.3 Å². The second-order valence-electron chi connectivity index (χ2n) is 14.0. The zero-order chi connectivity index (χ0) is 32.8. The average molecular weight is 656 g/mol. The second-order valence-corrected chi connectivity index (χ2v) is 14.9. The Morgan fingerprint density at radius 2 is 1.65 bits per heavy atom. The first-order chi connectivity index (χ1) is 23.4. The van der Waals surface area contributed by atoms with Gasteiger partial charge in [0.05, 0.1) is 17.5 Å². The molecule has 48 heavy (non-hydrogen) atoms. The van der Waals surface area contributed by atoms with Gasteiger partial charge in [-0.25, -0.2) is 0 Å². The van der Waals surface area contributed by atoms with Gasteiger partial charge in [-0.05, 0) is 126 Å². The minimum absolute atomic E-state index is 0.0252. The lowest BCUT2D eigenvalue weighted by molar-refractivity contribution is -0.0226. The molecule has 8 rings (SSSR count). The fraction of sp³-hybridized carbons (Fsp3) is 0.317. The normalized spacial score (nSPS) is 25.4. The minimum atomic E-state index is -0.194. The predicted molar refractivity (Wildman–Crippen MR) is 192 cm³/mol. The lowest BCUT2D eigenvalue weighted by atomic mass is 9.55. The molecule has 0 bridgehead atoms. The van der Waals surface area contributed by atoms with Crippen LogP contribution in [-0.2, 0) is 12.8 Å². The highest BCUT2D eigenvalue weighted by Crippen LogP contribution is 2.61. The Kier molecular flexibility index (Phi) is 8.05. The van der Waals surface area contributed by atoms with Gasteiger partial charge in [-0.3, -0.25) is 4.57 Å². The highest BCUT2D eigenvalue weighted by molar-refractivity contribution is 7.07. The number of hydrogen-bond donors (Lipinski definition) is 3. The number of rotatable bonds is 6. The zero-order valence-electron chi connectivity index (χ0n) is 27.2. The minimum Gasteiger partial charge on any atom is -0.508 e. The Morgan fingerprint density at radius 1 is 0.896 bits per heavy atom. The fourth-order valence-electron chi connectivity index (χ4n) is 8.92. The molecule has 0 amide bonds. The molecule has 0 radical (unpaired) electrons. The SMILES string of the molecule is C[C@]12CC[C@@H]3c4cc(C/C(=N\N=c5\scc(-c6ccccc6)n5-c5ccccc5)c5ccc(O)cc5)c(O)cc4CC[C@H]3[C@@H]1CC[C@@H]2O. The van der Waals surface area contributed by atoms with Gasteiger partial charge in [-0.2, -0.15) is 5.10 Å². The number of fused-ring (bicyclic) bond motifs is 5. The van der Waals surface area contributed by atoms with Crippen molar-refractivity contribution in [3.05, 3.63) is 129 Å². The third-order valence-corrected chi connectivity index (χ3v) is 12.3. The lowest BCUT2D eigenvalue weighted by Crippen LogP contribution is -2.43. The third-order valence-electron chi connectivity index (χ3n) is 11.5. The smallest absolute Gasteiger partial charge is 0.215 e. The molecular weight excluding hydrogens is 615 g/mol. The largest absolute Gasteiger partial charge is 0.508 e. The second kappa shape index (κ2) is 12.5. The van der Waals surface area contributed by atoms with Crippen molar-refractivity contribution in [3.8, 4) is 28.4 Å². The van der Waals surface area contributed by atoms with E-state index in [4.69, 9.17) is 10.2 Å². The molecule has 1 aromatic heterocycles. The van der Waals surface area contributed by atoms with E-state index in [2.05, 4.69) is 47.2 Å². The van der Waals surface area contributed by atoms with Gasteiger partial charge in [-0.15, -0.1) is 16.4 Å². The average Bonchev–Trinajstić information content (AvgIpc) is 3.68. The van der Waals surface area contributed by atoms with E-state index in [0.717, 1.165) is 71.4 Å². The van der Waals surface area contributed by atoms with E-state index in [-0.39, 0.29) is 23.0 Å². The molecule has 244 valence electrons. The summed E-state index contributed by atoms with van der Waals surface area (Å²) in [5, 5.41) is 44.2. The number of para-hydroxylation sites is 1. The van der Waals surface area contributed by atoms with Crippen LogP contribution in [0.4, 0.5) is 0 Å². The number of aromatic nitrogens is 1. The predicted octanol–water partition coefficient (Wildman–Crippen LogP) is 8.38. The first-order valence-electron chi connectivity index (χ1n) is 17.1. The molecule has 0 saturated heterocycles. The maximum absolute atomic E-state index is 11.4. The summed E-state index contributed by atoms with van der Waals surface area (Å²) in [4.78, 5) is 0.734. The molecule has 0 unspecified atom stereocenters. The number of phenolic OH excluding ortho intramolecular Hbond substituents is 2. The molecule has 5 atom stereocenters. The van der Waals surface area contributed by atoms with Crippen LogP contribution < -0.4 is 4.80 Å². The molecule has 3 aliphatic rings. The standard InChI is InChI=1S/C41H41N3O3S/c1-41-21-20-32-33(35(41)18-19-39(41)47)17-14-28-24-38(46)29(22-34(28)32)23-36(26-12-15-31(45)16-13-26)42-43-40-44(30-10-6-3-7-11-30)37(25-48-40)27-8-4-2-5-9-27/h2-13,15-16,22,24-25,32-33,35,39,45-47H,14,17-21,23H2,1H3/b42-36+,43-40+/t32-,33+,35-,39-,41-/m0/s1. The number of nitrogens with zero attached hydrogens (tertiary/aromatic N) is 3. The van der Waals surface area contributed by atoms with Crippen LogP contribution >= 0.6 is 11.3 Å². The molecule has 4 aromatic carbocycles. The molecular formula is C41H41N3O3S. The van der Waals surface area contributed by atoms with Crippen molar-refractivity contribution in [2.24, 2.45) is 27.5 Å². The van der Waals surface area contributed by atoms with E-state index in [1.54, 1.807) is 12.1 Å². The summed E-state index contributed by atoms with van der Waals surface area (Å²) in [6, 6.07) is 31.7. The number of phenols is 2. The van der Waals surface area contributed by atoms with E-state index in [1.165, 1.54) is 22.5 Å². The quantitative estimate of drug-likeness (QED) is 0.127. The van der Waals surface area contributed by atoms with Gasteiger partial charge >= 0.3 is 0 Å². The van der Waals surface area contributed by atoms with E-state index in [1.807, 2.05) is 54.6 Å². The molecule has 5 aromatic rings. The van der Waals surface area contributed by atoms with Crippen LogP contribution in [0, 0.1) is 17.3 Å². The summed E-state index contributed by atoms with van der Waals surface area (Å²) in [7, 11) is 0. The number of hydrogen-bond acceptors (Lipinski definition) is 6. The van der Waals surface area contributed by atoms with Crippen molar-refractivity contribution in [2.45, 2.75) is 63.9 Å². The number of aliphatic hydroxyl groups is 1. The molecule has 3 N–H and O–H groups in total. The molecule has 1 heterocycles. The highest BCUT2D eigenvalue weighted by atomic mass is 32.1. The molecule has 7 heteroatoms. The lowest BCUT2D eigenvalue weighted by Gasteiger charge is -2.50. The van der Waals surface area contributed by atoms with E-state index in [0.29, 0.717) is 29.9 Å². The molecule has 0 spiro atoms. The Labute approximate surface area is 285 Å². The van der Waals surface area contributed by atoms with Crippen LogP contribution in [0.1, 0.15) is 67.2 Å². The van der Waals surface area contributed by atoms with Crippen LogP contribution in [0.5, 0.6) is 11.5 Å². The maximum Gasteiger partial charge on any atom is 0.215 e. The Bertz CT molecular complexity index is 2030. The summed E-state index contributed by atoms with van der Waals surface area (Å²) >= 11 is 1.54. The van der Waals surface area contributed by atoms with Gasteiger partial charge < -0.3 is 15.3 Å². The number of thiazole rings is 1. The molecule has 3 aliphatic carbocycles. The van der Waals surface area contributed by atoms with Crippen LogP contribution in [0.25, 0.3) is 16.9 Å². The fourth-order valence-corrected chi connectivity index (χ4v) is 9.78. The topological polar surface area (TPSA) is 90.3 Å². The van der Waals surface area contributed by atoms with E-state index >= 15 is 0 Å². The molecule has 2 saturated carbocycles. The molecule has 2 fully saturated rings. The Hall–Kier alpha value is -4.46. The summed E-state index contributed by atoms with van der Waals surface area (Å²) < 4.78 is 2.13. The van der Waals surface area contributed by atoms with Gasteiger partial charge in [0, 0.05) is 23.1 Å². The van der Waals surface area contributed by atoms with Gasteiger partial charge in [0.2, 0.25) is 4.80 Å². The first kappa shape index (κ1) is 30.8. The van der Waals surface area contributed by atoms with Crippen LogP contribution in [0.15, 0.2) is 113 Å². The Morgan fingerprint density at radius 3 is 2.42 bits per heavy atom. The van der Waals surface area contributed by atoms with Crippen molar-refractivity contribution >= 4 is 17.0 Å². The van der Waals surface area contributed by atoms with Crippen molar-refractivity contribution in [3.63, 3.8) is 0 Å². The summed E-state index contributed by atoms with van der Waals surface area (Å²) in [6.07, 6.45) is 6.42. The van der Waals surface area contributed by atoms with Crippen molar-refractivity contribution in [1.82, 2.24) is 4.57 Å². The van der Waals surface area contributed by atoms with Crippen LogP contribution in [-0.4, -0.2) is 31.7 Å². The van der Waals surface area contributed by atoms with Crippen molar-refractivity contribution in [1.29, 1.82) is 0 Å². The van der Waals surface area contributed by atoms with Gasteiger partial charge in [0.1, 0.15) is 11.5 Å². The van der Waals surface area contributed by atoms with Crippen molar-refractivity contribution in [2.75, 3.05) is 0 Å². The molecule has 6 nitrogen and oxygen atoms in total. The zero-order valence-corrected chi connectivity index (χ0v) is 28.0. The first-order valence-corrected chi connectivity index (χ1v) is 18.0. The van der Waals surface area contributed by atoms with Gasteiger partial charge in [-0.1, -0.05) is 61.5 Å². The molecule has 0 aliphatic heterocycles. The van der Waals surface area contributed by atoms with Crippen LogP contribution in [0.2, 0.25) is 0 Å². The number of aromatic hydroxyl groups is 2. The Balaban J connectivity index is 1.20. The number of aryl methyl sites for hydroxylation is 1. The summed E-state index contributed by atoms with van der Waals surface area (Å²) in [5.41, 5.74) is 8.15. The highest BCUT2D eigenvalue weighted by Gasteiger charge is 2.54. The van der Waals surface area contributed by atoms with E-state index in [9.17, 15) is 15.3 Å². The third kappa shape index (κ3) is 5.49. The summed E-state index contributed by atoms with van der Waals surface area (Å²) in [5.74, 6) is 2.04.